The molecule has 0 spiro atoms. The number of sulfonamides is 1. The van der Waals surface area contributed by atoms with Crippen LogP contribution in [0.4, 0.5) is 5.69 Å². The van der Waals surface area contributed by atoms with Gasteiger partial charge in [0.15, 0.2) is 11.0 Å². The molecule has 6 heteroatoms. The normalized spacial score (nSPS) is 17.8. The Balaban J connectivity index is 1.95. The van der Waals surface area contributed by atoms with Crippen molar-refractivity contribution in [3.05, 3.63) is 95.6 Å². The first kappa shape index (κ1) is 18.3. The number of carbonyl (C=O) groups excluding carboxylic acids is 1. The minimum absolute atomic E-state index is 0.118. The molecule has 3 aromatic carbocycles. The van der Waals surface area contributed by atoms with Crippen LogP contribution >= 0.6 is 0 Å². The fourth-order valence-electron chi connectivity index (χ4n) is 3.54. The molecule has 5 nitrogen and oxygen atoms in total. The van der Waals surface area contributed by atoms with Crippen LogP contribution in [-0.2, 0) is 16.6 Å². The molecule has 1 heterocycles. The van der Waals surface area contributed by atoms with Crippen LogP contribution in [0.15, 0.2) is 78.9 Å². The van der Waals surface area contributed by atoms with Crippen molar-refractivity contribution in [2.45, 2.75) is 11.8 Å². The maximum absolute atomic E-state index is 13.6. The third-order valence-electron chi connectivity index (χ3n) is 4.85. The zero-order valence-electron chi connectivity index (χ0n) is 15.3. The van der Waals surface area contributed by atoms with Crippen LogP contribution in [0.3, 0.4) is 0 Å². The highest BCUT2D eigenvalue weighted by Gasteiger charge is 2.46. The van der Waals surface area contributed by atoms with Gasteiger partial charge in [-0.25, -0.2) is 8.42 Å². The minimum atomic E-state index is -4.01. The van der Waals surface area contributed by atoms with Crippen LogP contribution in [0.5, 0.6) is 5.75 Å². The first-order chi connectivity index (χ1) is 13.5. The third-order valence-corrected chi connectivity index (χ3v) is 6.86. The molecule has 0 aromatic heterocycles. The second-order valence-electron chi connectivity index (χ2n) is 6.55. The fourth-order valence-corrected chi connectivity index (χ4v) is 5.47. The topological polar surface area (TPSA) is 63.7 Å². The molecule has 4 rings (SSSR count). The first-order valence-corrected chi connectivity index (χ1v) is 10.4. The highest BCUT2D eigenvalue weighted by molar-refractivity contribution is 7.94. The molecule has 1 aliphatic heterocycles. The molecule has 0 bridgehead atoms. The summed E-state index contributed by atoms with van der Waals surface area (Å²) in [4.78, 5) is 13.2. The zero-order valence-corrected chi connectivity index (χ0v) is 16.1. The number of ether oxygens (including phenoxy) is 1. The van der Waals surface area contributed by atoms with Crippen LogP contribution in [-0.4, -0.2) is 21.3 Å². The van der Waals surface area contributed by atoms with E-state index >= 15 is 0 Å². The van der Waals surface area contributed by atoms with Gasteiger partial charge in [-0.3, -0.25) is 9.10 Å². The summed E-state index contributed by atoms with van der Waals surface area (Å²) in [5, 5.41) is -1.28. The Morgan fingerprint density at radius 3 is 2.18 bits per heavy atom. The summed E-state index contributed by atoms with van der Waals surface area (Å²) in [7, 11) is -2.54. The summed E-state index contributed by atoms with van der Waals surface area (Å²) < 4.78 is 33.9. The van der Waals surface area contributed by atoms with Crippen LogP contribution < -0.4 is 9.04 Å². The lowest BCUT2D eigenvalue weighted by atomic mass is 9.99. The molecular formula is C22H19NO4S. The predicted molar refractivity (Wildman–Crippen MR) is 108 cm³/mol. The molecule has 3 aromatic rings. The van der Waals surface area contributed by atoms with Gasteiger partial charge in [-0.05, 0) is 23.3 Å². The van der Waals surface area contributed by atoms with Gasteiger partial charge < -0.3 is 4.74 Å². The van der Waals surface area contributed by atoms with E-state index in [1.54, 1.807) is 48.5 Å². The van der Waals surface area contributed by atoms with Crippen LogP contribution in [0, 0.1) is 0 Å². The number of hydrogen-bond acceptors (Lipinski definition) is 4. The molecule has 0 aliphatic carbocycles. The Morgan fingerprint density at radius 1 is 0.893 bits per heavy atom. The number of nitrogens with zero attached hydrogens (tertiary/aromatic N) is 1. The molecule has 0 N–H and O–H groups in total. The molecule has 28 heavy (non-hydrogen) atoms. The number of hydrogen-bond donors (Lipinski definition) is 0. The molecular weight excluding hydrogens is 374 g/mol. The quantitative estimate of drug-likeness (QED) is 0.673. The lowest BCUT2D eigenvalue weighted by Gasteiger charge is -2.35. The second kappa shape index (κ2) is 7.13. The number of fused-ring (bicyclic) bond motifs is 1. The number of carbonyl (C=O) groups is 1. The maximum atomic E-state index is 13.6. The van der Waals surface area contributed by atoms with E-state index in [2.05, 4.69) is 0 Å². The van der Waals surface area contributed by atoms with E-state index in [0.717, 1.165) is 5.56 Å². The highest BCUT2D eigenvalue weighted by atomic mass is 32.2. The van der Waals surface area contributed by atoms with Crippen LogP contribution in [0.2, 0.25) is 0 Å². The number of para-hydroxylation sites is 1. The Bertz CT molecular complexity index is 1110. The molecule has 0 saturated heterocycles. The fraction of sp³-hybridized carbons (Fsp3) is 0.136. The summed E-state index contributed by atoms with van der Waals surface area (Å²) >= 11 is 0. The van der Waals surface area contributed by atoms with Crippen molar-refractivity contribution in [2.24, 2.45) is 0 Å². The number of ketones is 1. The Kier molecular flexibility index (Phi) is 4.65. The van der Waals surface area contributed by atoms with E-state index in [1.807, 2.05) is 30.3 Å². The zero-order chi connectivity index (χ0) is 19.7. The van der Waals surface area contributed by atoms with Gasteiger partial charge in [0.2, 0.25) is 10.0 Å². The average molecular weight is 393 g/mol. The van der Waals surface area contributed by atoms with Crippen molar-refractivity contribution in [1.82, 2.24) is 0 Å². The van der Waals surface area contributed by atoms with Crippen molar-refractivity contribution >= 4 is 21.5 Å². The highest BCUT2D eigenvalue weighted by Crippen LogP contribution is 2.45. The summed E-state index contributed by atoms with van der Waals surface area (Å²) in [5.41, 5.74) is 1.92. The van der Waals surface area contributed by atoms with Gasteiger partial charge >= 0.3 is 0 Å². The molecule has 0 saturated carbocycles. The van der Waals surface area contributed by atoms with E-state index in [1.165, 1.54) is 11.4 Å². The lowest BCUT2D eigenvalue weighted by Crippen LogP contribution is -2.42. The molecule has 1 atom stereocenters. The van der Waals surface area contributed by atoms with Crippen molar-refractivity contribution in [1.29, 1.82) is 0 Å². The molecule has 142 valence electrons. The van der Waals surface area contributed by atoms with Gasteiger partial charge in [-0.15, -0.1) is 0 Å². The monoisotopic (exact) mass is 393 g/mol. The number of benzene rings is 3. The van der Waals surface area contributed by atoms with Gasteiger partial charge in [0.05, 0.1) is 13.7 Å². The van der Waals surface area contributed by atoms with Gasteiger partial charge in [0.25, 0.3) is 0 Å². The van der Waals surface area contributed by atoms with E-state index < -0.39 is 21.1 Å². The van der Waals surface area contributed by atoms with Crippen molar-refractivity contribution in [3.8, 4) is 5.75 Å². The Labute approximate surface area is 164 Å². The lowest BCUT2D eigenvalue weighted by molar-refractivity contribution is 0.0985. The van der Waals surface area contributed by atoms with Gasteiger partial charge in [-0.1, -0.05) is 66.7 Å². The molecule has 0 amide bonds. The average Bonchev–Trinajstić information content (AvgIpc) is 2.72. The SMILES string of the molecule is COc1cccc2c1N(Cc1ccccc1)S(=O)(=O)C(c1ccccc1)C2=O. The molecule has 1 aliphatic rings. The second-order valence-corrected chi connectivity index (χ2v) is 8.49. The largest absolute Gasteiger partial charge is 0.495 e. The summed E-state index contributed by atoms with van der Waals surface area (Å²) in [6.45, 7) is 0.118. The third kappa shape index (κ3) is 2.96. The van der Waals surface area contributed by atoms with Crippen molar-refractivity contribution in [3.63, 3.8) is 0 Å². The van der Waals surface area contributed by atoms with E-state index in [4.69, 9.17) is 4.74 Å². The number of methoxy groups -OCH3 is 1. The minimum Gasteiger partial charge on any atom is -0.495 e. The summed E-state index contributed by atoms with van der Waals surface area (Å²) in [6.07, 6.45) is 0. The van der Waals surface area contributed by atoms with Gasteiger partial charge in [0.1, 0.15) is 11.4 Å². The predicted octanol–water partition coefficient (Wildman–Crippen LogP) is 3.97. The van der Waals surface area contributed by atoms with Crippen LogP contribution in [0.1, 0.15) is 26.7 Å². The van der Waals surface area contributed by atoms with Crippen molar-refractivity contribution < 1.29 is 17.9 Å². The Hall–Kier alpha value is -3.12. The maximum Gasteiger partial charge on any atom is 0.250 e. The molecule has 1 unspecified atom stereocenters. The smallest absolute Gasteiger partial charge is 0.250 e. The molecule has 0 radical (unpaired) electrons. The number of anilines is 1. The van der Waals surface area contributed by atoms with Gasteiger partial charge in [0, 0.05) is 5.56 Å². The standard InChI is InChI=1S/C22H19NO4S/c1-27-19-14-8-13-18-20(19)23(15-16-9-4-2-5-10-16)28(25,26)22(21(18)24)17-11-6-3-7-12-17/h2-14,22H,15H2,1H3. The van der Waals surface area contributed by atoms with E-state index in [9.17, 15) is 13.2 Å². The van der Waals surface area contributed by atoms with E-state index in [0.29, 0.717) is 22.6 Å². The summed E-state index contributed by atoms with van der Waals surface area (Å²) in [5.74, 6) is -0.0821. The molecule has 0 fully saturated rings. The number of rotatable bonds is 4. The number of Topliss-reactive ketones (excluding diaryl/α,β-unsaturated/α-hetero) is 1. The van der Waals surface area contributed by atoms with Crippen molar-refractivity contribution in [2.75, 3.05) is 11.4 Å². The first-order valence-electron chi connectivity index (χ1n) is 8.85. The van der Waals surface area contributed by atoms with Gasteiger partial charge in [-0.2, -0.15) is 0 Å². The Morgan fingerprint density at radius 2 is 1.54 bits per heavy atom. The van der Waals surface area contributed by atoms with Crippen LogP contribution in [0.25, 0.3) is 0 Å². The summed E-state index contributed by atoms with van der Waals surface area (Å²) in [6, 6.07) is 22.9. The van der Waals surface area contributed by atoms with E-state index in [-0.39, 0.29) is 6.54 Å².